The van der Waals surface area contributed by atoms with Crippen molar-refractivity contribution in [2.24, 2.45) is 7.05 Å². The number of ether oxygens (including phenoxy) is 1. The van der Waals surface area contributed by atoms with Crippen LogP contribution in [-0.4, -0.2) is 28.1 Å². The highest BCUT2D eigenvalue weighted by Crippen LogP contribution is 2.42. The Kier molecular flexibility index (Phi) is 4.32. The Hall–Kier alpha value is -2.34. The lowest BCUT2D eigenvalue weighted by atomic mass is 10.0. The van der Waals surface area contributed by atoms with Gasteiger partial charge in [0.05, 0.1) is 11.3 Å². The highest BCUT2D eigenvalue weighted by molar-refractivity contribution is 6.32. The minimum atomic E-state index is -0.319. The number of anilines is 1. The van der Waals surface area contributed by atoms with Crippen LogP contribution in [0.4, 0.5) is 5.82 Å². The molecule has 1 N–H and O–H groups in total. The van der Waals surface area contributed by atoms with Crippen molar-refractivity contribution in [1.82, 2.24) is 9.78 Å². The normalized spacial score (nSPS) is 16.2. The fourth-order valence-corrected chi connectivity index (χ4v) is 3.34. The first kappa shape index (κ1) is 16.5. The third kappa shape index (κ3) is 3.01. The Labute approximate surface area is 144 Å². The molecule has 1 aliphatic carbocycles. The zero-order valence-electron chi connectivity index (χ0n) is 13.7. The molecule has 24 heavy (non-hydrogen) atoms. The molecule has 0 spiro atoms. The number of benzene rings is 1. The van der Waals surface area contributed by atoms with E-state index in [2.05, 4.69) is 10.4 Å². The van der Waals surface area contributed by atoms with Crippen LogP contribution in [0.5, 0.6) is 5.75 Å². The van der Waals surface area contributed by atoms with E-state index >= 15 is 0 Å². The molecule has 0 saturated carbocycles. The molecule has 0 radical (unpaired) electrons. The maximum atomic E-state index is 12.2. The molecule has 1 amide bonds. The SMILES string of the molecule is Cc1cc(NC(=O)COc2ccc(Cl)c3c2C(=O)C[C@H]3C)n(C)n1. The van der Waals surface area contributed by atoms with Crippen molar-refractivity contribution in [3.63, 3.8) is 0 Å². The van der Waals surface area contributed by atoms with Crippen LogP contribution in [0.2, 0.25) is 5.02 Å². The van der Waals surface area contributed by atoms with Crippen molar-refractivity contribution in [2.75, 3.05) is 11.9 Å². The number of nitrogens with zero attached hydrogens (tertiary/aromatic N) is 2. The number of amides is 1. The molecule has 6 nitrogen and oxygen atoms in total. The van der Waals surface area contributed by atoms with Gasteiger partial charge in [0.25, 0.3) is 5.91 Å². The summed E-state index contributed by atoms with van der Waals surface area (Å²) in [4.78, 5) is 24.3. The van der Waals surface area contributed by atoms with Crippen LogP contribution in [0.15, 0.2) is 18.2 Å². The summed E-state index contributed by atoms with van der Waals surface area (Å²) in [5.41, 5.74) is 2.12. The Morgan fingerprint density at radius 3 is 2.92 bits per heavy atom. The van der Waals surface area contributed by atoms with Gasteiger partial charge in [-0.1, -0.05) is 18.5 Å². The summed E-state index contributed by atoms with van der Waals surface area (Å²) in [6, 6.07) is 5.11. The predicted octanol–water partition coefficient (Wildman–Crippen LogP) is 3.09. The molecule has 1 aromatic heterocycles. The average Bonchev–Trinajstić information content (AvgIpc) is 2.98. The third-order valence-corrected chi connectivity index (χ3v) is 4.38. The van der Waals surface area contributed by atoms with Crippen molar-refractivity contribution in [3.05, 3.63) is 40.0 Å². The number of carbonyl (C=O) groups is 2. The van der Waals surface area contributed by atoms with E-state index in [1.807, 2.05) is 13.8 Å². The number of aryl methyl sites for hydroxylation is 2. The quantitative estimate of drug-likeness (QED) is 0.922. The maximum Gasteiger partial charge on any atom is 0.263 e. The molecule has 1 heterocycles. The fraction of sp³-hybridized carbons (Fsp3) is 0.353. The number of aromatic nitrogens is 2. The lowest BCUT2D eigenvalue weighted by Gasteiger charge is -2.12. The van der Waals surface area contributed by atoms with Gasteiger partial charge in [-0.3, -0.25) is 14.3 Å². The van der Waals surface area contributed by atoms with E-state index in [1.54, 1.807) is 29.9 Å². The van der Waals surface area contributed by atoms with Crippen molar-refractivity contribution in [2.45, 2.75) is 26.2 Å². The average molecular weight is 348 g/mol. The van der Waals surface area contributed by atoms with Crippen LogP contribution in [0.3, 0.4) is 0 Å². The predicted molar refractivity (Wildman–Crippen MR) is 90.9 cm³/mol. The number of halogens is 1. The summed E-state index contributed by atoms with van der Waals surface area (Å²) >= 11 is 6.19. The molecule has 126 valence electrons. The fourth-order valence-electron chi connectivity index (χ4n) is 3.00. The van der Waals surface area contributed by atoms with Gasteiger partial charge in [0, 0.05) is 24.6 Å². The first-order valence-electron chi connectivity index (χ1n) is 7.65. The Bertz CT molecular complexity index is 829. The zero-order valence-corrected chi connectivity index (χ0v) is 14.5. The molecule has 0 aliphatic heterocycles. The molecule has 2 aromatic rings. The molecule has 0 unspecified atom stereocenters. The molecule has 7 heteroatoms. The van der Waals surface area contributed by atoms with E-state index in [1.165, 1.54) is 0 Å². The summed E-state index contributed by atoms with van der Waals surface area (Å²) in [5.74, 6) is 0.736. The topological polar surface area (TPSA) is 73.2 Å². The molecule has 3 rings (SSSR count). The Balaban J connectivity index is 1.73. The lowest BCUT2D eigenvalue weighted by molar-refractivity contribution is -0.118. The number of fused-ring (bicyclic) bond motifs is 1. The van der Waals surface area contributed by atoms with Crippen LogP contribution in [0.1, 0.15) is 40.9 Å². The van der Waals surface area contributed by atoms with Crippen LogP contribution >= 0.6 is 11.6 Å². The van der Waals surface area contributed by atoms with Crippen molar-refractivity contribution in [1.29, 1.82) is 0 Å². The third-order valence-electron chi connectivity index (χ3n) is 4.05. The van der Waals surface area contributed by atoms with Crippen LogP contribution < -0.4 is 10.1 Å². The monoisotopic (exact) mass is 347 g/mol. The van der Waals surface area contributed by atoms with Crippen molar-refractivity contribution < 1.29 is 14.3 Å². The number of rotatable bonds is 4. The molecule has 0 bridgehead atoms. The van der Waals surface area contributed by atoms with Crippen molar-refractivity contribution >= 4 is 29.1 Å². The summed E-state index contributed by atoms with van der Waals surface area (Å²) in [5, 5.41) is 7.45. The van der Waals surface area contributed by atoms with Gasteiger partial charge in [0.1, 0.15) is 11.6 Å². The second-order valence-corrected chi connectivity index (χ2v) is 6.40. The van der Waals surface area contributed by atoms with E-state index in [-0.39, 0.29) is 24.2 Å². The van der Waals surface area contributed by atoms with Gasteiger partial charge in [-0.05, 0) is 30.5 Å². The van der Waals surface area contributed by atoms with Gasteiger partial charge in [0.2, 0.25) is 0 Å². The van der Waals surface area contributed by atoms with E-state index in [9.17, 15) is 9.59 Å². The number of Topliss-reactive ketones (excluding diaryl/α,β-unsaturated/α-hetero) is 1. The number of hydrogen-bond acceptors (Lipinski definition) is 4. The molecule has 0 fully saturated rings. The summed E-state index contributed by atoms with van der Waals surface area (Å²) in [6.45, 7) is 3.60. The van der Waals surface area contributed by atoms with Gasteiger partial charge >= 0.3 is 0 Å². The Morgan fingerprint density at radius 2 is 2.25 bits per heavy atom. The maximum absolute atomic E-state index is 12.2. The highest BCUT2D eigenvalue weighted by Gasteiger charge is 2.31. The first-order chi connectivity index (χ1) is 11.4. The summed E-state index contributed by atoms with van der Waals surface area (Å²) in [7, 11) is 1.75. The number of hydrogen-bond donors (Lipinski definition) is 1. The molecule has 1 aromatic carbocycles. The van der Waals surface area contributed by atoms with Gasteiger partial charge < -0.3 is 10.1 Å². The van der Waals surface area contributed by atoms with Gasteiger partial charge in [-0.25, -0.2) is 0 Å². The highest BCUT2D eigenvalue weighted by atomic mass is 35.5. The standard InChI is InChI=1S/C17H18ClN3O3/c1-9-6-12(22)17-13(5-4-11(18)16(9)17)24-8-15(23)19-14-7-10(2)20-21(14)3/h4-5,7,9H,6,8H2,1-3H3,(H,19,23)/t9-/m1/s1. The first-order valence-corrected chi connectivity index (χ1v) is 8.03. The van der Waals surface area contributed by atoms with E-state index in [0.29, 0.717) is 28.6 Å². The van der Waals surface area contributed by atoms with E-state index < -0.39 is 0 Å². The van der Waals surface area contributed by atoms with E-state index in [0.717, 1.165) is 11.3 Å². The van der Waals surface area contributed by atoms with Gasteiger partial charge in [0.15, 0.2) is 12.4 Å². The second kappa shape index (κ2) is 6.28. The summed E-state index contributed by atoms with van der Waals surface area (Å²) in [6.07, 6.45) is 0.413. The zero-order chi connectivity index (χ0) is 17.4. The minimum absolute atomic E-state index is 0.00216. The van der Waals surface area contributed by atoms with Crippen LogP contribution in [0.25, 0.3) is 0 Å². The molecular formula is C17H18ClN3O3. The molecule has 0 saturated heterocycles. The Morgan fingerprint density at radius 1 is 1.50 bits per heavy atom. The number of ketones is 1. The number of nitrogens with one attached hydrogen (secondary N) is 1. The van der Waals surface area contributed by atoms with Crippen LogP contribution in [-0.2, 0) is 11.8 Å². The van der Waals surface area contributed by atoms with Crippen LogP contribution in [0, 0.1) is 6.92 Å². The van der Waals surface area contributed by atoms with E-state index in [4.69, 9.17) is 16.3 Å². The molecule has 1 atom stereocenters. The smallest absolute Gasteiger partial charge is 0.263 e. The van der Waals surface area contributed by atoms with Gasteiger partial charge in [-0.15, -0.1) is 0 Å². The number of carbonyl (C=O) groups excluding carboxylic acids is 2. The molecular weight excluding hydrogens is 330 g/mol. The summed E-state index contributed by atoms with van der Waals surface area (Å²) < 4.78 is 7.16. The lowest BCUT2D eigenvalue weighted by Crippen LogP contribution is -2.22. The van der Waals surface area contributed by atoms with Gasteiger partial charge in [-0.2, -0.15) is 5.10 Å². The minimum Gasteiger partial charge on any atom is -0.483 e. The molecule has 1 aliphatic rings. The second-order valence-electron chi connectivity index (χ2n) is 5.99. The van der Waals surface area contributed by atoms with Crippen molar-refractivity contribution in [3.8, 4) is 5.75 Å². The largest absolute Gasteiger partial charge is 0.483 e.